The van der Waals surface area contributed by atoms with Gasteiger partial charge in [0.2, 0.25) is 0 Å². The van der Waals surface area contributed by atoms with Crippen LogP contribution in [0, 0.1) is 13.8 Å². The zero-order valence-corrected chi connectivity index (χ0v) is 21.1. The molecule has 0 amide bonds. The molecule has 0 saturated carbocycles. The zero-order chi connectivity index (χ0) is 25.4. The van der Waals surface area contributed by atoms with Crippen LogP contribution in [0.1, 0.15) is 11.5 Å². The van der Waals surface area contributed by atoms with Crippen LogP contribution in [-0.4, -0.2) is 5.16 Å². The van der Waals surface area contributed by atoms with Gasteiger partial charge in [0.1, 0.15) is 16.9 Å². The summed E-state index contributed by atoms with van der Waals surface area (Å²) in [6.07, 6.45) is 0. The van der Waals surface area contributed by atoms with Gasteiger partial charge in [0.05, 0.1) is 5.69 Å². The van der Waals surface area contributed by atoms with E-state index in [1.54, 1.807) is 0 Å². The average molecular weight is 490 g/mol. The molecule has 0 unspecified atom stereocenters. The fourth-order valence-electron chi connectivity index (χ4n) is 6.25. The fourth-order valence-corrected chi connectivity index (χ4v) is 6.25. The number of benzene rings is 6. The Balaban J connectivity index is 1.52. The third-order valence-electron chi connectivity index (χ3n) is 7.86. The predicted molar refractivity (Wildman–Crippen MR) is 157 cm³/mol. The zero-order valence-electron chi connectivity index (χ0n) is 21.1. The van der Waals surface area contributed by atoms with Gasteiger partial charge < -0.3 is 8.94 Å². The van der Waals surface area contributed by atoms with E-state index in [1.165, 1.54) is 54.4 Å². The van der Waals surface area contributed by atoms with E-state index in [-0.39, 0.29) is 0 Å². The highest BCUT2D eigenvalue weighted by molar-refractivity contribution is 6.23. The molecule has 0 saturated heterocycles. The highest BCUT2D eigenvalue weighted by Gasteiger charge is 2.21. The second-order valence-corrected chi connectivity index (χ2v) is 10.0. The van der Waals surface area contributed by atoms with Crippen molar-refractivity contribution in [3.8, 4) is 22.3 Å². The molecule has 0 spiro atoms. The number of rotatable bonds is 2. The minimum Gasteiger partial charge on any atom is -0.456 e. The first kappa shape index (κ1) is 21.2. The van der Waals surface area contributed by atoms with E-state index in [1.807, 2.05) is 13.8 Å². The maximum Gasteiger partial charge on any atom is 0.141 e. The van der Waals surface area contributed by atoms with Crippen LogP contribution in [0.4, 0.5) is 0 Å². The molecule has 0 fully saturated rings. The van der Waals surface area contributed by atoms with Gasteiger partial charge in [-0.15, -0.1) is 0 Å². The monoisotopic (exact) mass is 489 g/mol. The molecule has 0 aliphatic heterocycles. The molecule has 0 aliphatic carbocycles. The molecule has 0 atom stereocenters. The van der Waals surface area contributed by atoms with Gasteiger partial charge in [-0.3, -0.25) is 0 Å². The minimum atomic E-state index is 0.837. The van der Waals surface area contributed by atoms with E-state index < -0.39 is 0 Å². The Labute approximate surface area is 218 Å². The molecule has 0 radical (unpaired) electrons. The average Bonchev–Trinajstić information content (AvgIpc) is 3.50. The van der Waals surface area contributed by atoms with Gasteiger partial charge in [-0.2, -0.15) is 0 Å². The van der Waals surface area contributed by atoms with Gasteiger partial charge in [-0.05, 0) is 75.5 Å². The Bertz CT molecular complexity index is 2140. The number of hydrogen-bond acceptors (Lipinski definition) is 3. The van der Waals surface area contributed by atoms with E-state index in [9.17, 15) is 0 Å². The summed E-state index contributed by atoms with van der Waals surface area (Å²) < 4.78 is 11.9. The summed E-state index contributed by atoms with van der Waals surface area (Å²) in [5.41, 5.74) is 7.38. The smallest absolute Gasteiger partial charge is 0.141 e. The highest BCUT2D eigenvalue weighted by Crippen LogP contribution is 2.46. The van der Waals surface area contributed by atoms with Crippen molar-refractivity contribution >= 4 is 54.3 Å². The van der Waals surface area contributed by atoms with E-state index >= 15 is 0 Å². The number of aromatic nitrogens is 1. The summed E-state index contributed by atoms with van der Waals surface area (Å²) in [6.45, 7) is 4.01. The van der Waals surface area contributed by atoms with Gasteiger partial charge in [0.25, 0.3) is 0 Å². The number of hydrogen-bond donors (Lipinski definition) is 0. The van der Waals surface area contributed by atoms with Crippen LogP contribution in [0.5, 0.6) is 0 Å². The Morgan fingerprint density at radius 3 is 1.79 bits per heavy atom. The molecule has 2 aromatic heterocycles. The van der Waals surface area contributed by atoms with Crippen LogP contribution < -0.4 is 0 Å². The molecule has 8 rings (SSSR count). The van der Waals surface area contributed by atoms with Crippen LogP contribution in [0.3, 0.4) is 0 Å². The Hall–Kier alpha value is -4.89. The fraction of sp³-hybridized carbons (Fsp3) is 0.0571. The number of aryl methyl sites for hydroxylation is 2. The summed E-state index contributed by atoms with van der Waals surface area (Å²) in [5, 5.41) is 13.8. The maximum atomic E-state index is 6.30. The van der Waals surface area contributed by atoms with Gasteiger partial charge in [0.15, 0.2) is 0 Å². The predicted octanol–water partition coefficient (Wildman–Crippen LogP) is 9.98. The maximum absolute atomic E-state index is 6.30. The van der Waals surface area contributed by atoms with Crippen LogP contribution in [-0.2, 0) is 0 Å². The lowest BCUT2D eigenvalue weighted by atomic mass is 9.85. The van der Waals surface area contributed by atoms with Crippen molar-refractivity contribution in [2.24, 2.45) is 0 Å². The molecular formula is C35H23NO2. The van der Waals surface area contributed by atoms with Crippen molar-refractivity contribution in [1.29, 1.82) is 0 Å². The van der Waals surface area contributed by atoms with Gasteiger partial charge in [-0.25, -0.2) is 0 Å². The molecule has 180 valence electrons. The minimum absolute atomic E-state index is 0.837. The number of nitrogens with zero attached hydrogens (tertiary/aromatic N) is 1. The molecule has 3 heteroatoms. The third kappa shape index (κ3) is 2.87. The molecule has 38 heavy (non-hydrogen) atoms. The van der Waals surface area contributed by atoms with E-state index in [0.717, 1.165) is 33.6 Å². The Morgan fingerprint density at radius 2 is 1.13 bits per heavy atom. The normalized spacial score (nSPS) is 11.9. The Morgan fingerprint density at radius 1 is 0.526 bits per heavy atom. The van der Waals surface area contributed by atoms with Crippen LogP contribution >= 0.6 is 0 Å². The van der Waals surface area contributed by atoms with E-state index in [0.29, 0.717) is 0 Å². The van der Waals surface area contributed by atoms with Gasteiger partial charge in [0, 0.05) is 21.9 Å². The largest absolute Gasteiger partial charge is 0.456 e. The Kier molecular flexibility index (Phi) is 4.36. The lowest BCUT2D eigenvalue weighted by molar-refractivity contribution is 0.393. The topological polar surface area (TPSA) is 39.2 Å². The summed E-state index contributed by atoms with van der Waals surface area (Å²) in [5.74, 6) is 0.837. The summed E-state index contributed by atoms with van der Waals surface area (Å²) in [6, 6.07) is 36.7. The van der Waals surface area contributed by atoms with Crippen LogP contribution in [0.15, 0.2) is 112 Å². The molecular weight excluding hydrogens is 466 g/mol. The lowest BCUT2D eigenvalue weighted by Gasteiger charge is -2.17. The first-order chi connectivity index (χ1) is 18.7. The summed E-state index contributed by atoms with van der Waals surface area (Å²) in [4.78, 5) is 0. The van der Waals surface area contributed by atoms with Gasteiger partial charge in [-0.1, -0.05) is 90.1 Å². The van der Waals surface area contributed by atoms with Gasteiger partial charge >= 0.3 is 0 Å². The lowest BCUT2D eigenvalue weighted by Crippen LogP contribution is -1.92. The second kappa shape index (κ2) is 7.80. The van der Waals surface area contributed by atoms with Crippen molar-refractivity contribution in [2.45, 2.75) is 13.8 Å². The van der Waals surface area contributed by atoms with E-state index in [4.69, 9.17) is 8.94 Å². The number of furan rings is 1. The molecule has 0 aliphatic rings. The molecule has 6 aromatic carbocycles. The first-order valence-electron chi connectivity index (χ1n) is 12.9. The SMILES string of the molecule is Cc1noc(C)c1-c1c2ccccc2c(-c2ccc3oc4ccc5ccccc5c4c3c2)c2ccccc12. The molecule has 0 N–H and O–H groups in total. The highest BCUT2D eigenvalue weighted by atomic mass is 16.5. The third-order valence-corrected chi connectivity index (χ3v) is 7.86. The summed E-state index contributed by atoms with van der Waals surface area (Å²) in [7, 11) is 0. The van der Waals surface area contributed by atoms with E-state index in [2.05, 4.69) is 108 Å². The van der Waals surface area contributed by atoms with Crippen molar-refractivity contribution < 1.29 is 8.94 Å². The molecule has 8 aromatic rings. The van der Waals surface area contributed by atoms with Crippen LogP contribution in [0.2, 0.25) is 0 Å². The molecule has 0 bridgehead atoms. The quantitative estimate of drug-likeness (QED) is 0.227. The van der Waals surface area contributed by atoms with Crippen molar-refractivity contribution in [1.82, 2.24) is 5.16 Å². The standard InChI is InChI=1S/C35H23NO2/c1-20-32(21(2)38-36-20)35-27-13-7-5-11-25(27)33(26-12-6-8-14-28(26)35)23-16-17-30-29(19-23)34-24-10-4-3-9-22(24)15-18-31(34)37-30/h3-19H,1-2H3. The van der Waals surface area contributed by atoms with Crippen LogP contribution in [0.25, 0.3) is 76.5 Å². The van der Waals surface area contributed by atoms with Crippen molar-refractivity contribution in [3.63, 3.8) is 0 Å². The van der Waals surface area contributed by atoms with Crippen molar-refractivity contribution in [3.05, 3.63) is 115 Å². The molecule has 3 nitrogen and oxygen atoms in total. The van der Waals surface area contributed by atoms with Crippen molar-refractivity contribution in [2.75, 3.05) is 0 Å². The second-order valence-electron chi connectivity index (χ2n) is 10.0. The first-order valence-corrected chi connectivity index (χ1v) is 12.9. The number of fused-ring (bicyclic) bond motifs is 7. The molecule has 2 heterocycles. The summed E-state index contributed by atoms with van der Waals surface area (Å²) >= 11 is 0.